The van der Waals surface area contributed by atoms with Gasteiger partial charge in [0.05, 0.1) is 41.5 Å². The molecule has 3 saturated heterocycles. The number of hydrogen-bond donors (Lipinski definition) is 4. The molecular weight excluding hydrogens is 440 g/mol. The number of hydrazine groups is 1. The summed E-state index contributed by atoms with van der Waals surface area (Å²) in [4.78, 5) is 50.5. The van der Waals surface area contributed by atoms with Gasteiger partial charge in [-0.2, -0.15) is 0 Å². The number of phenolic OH excluding ortho intramolecular Hbond substituents is 2. The van der Waals surface area contributed by atoms with E-state index in [1.54, 1.807) is 6.92 Å². The van der Waals surface area contributed by atoms with Gasteiger partial charge in [0, 0.05) is 0 Å². The first kappa shape index (κ1) is 20.4. The number of nitrogens with one attached hydrogen (secondary N) is 1. The Kier molecular flexibility index (Phi) is 4.66. The first-order valence-corrected chi connectivity index (χ1v) is 10.2. The molecule has 3 aliphatic heterocycles. The fourth-order valence-corrected chi connectivity index (χ4v) is 5.75. The number of carbonyl (C=O) groups is 4. The van der Waals surface area contributed by atoms with E-state index in [0.717, 1.165) is 22.8 Å². The number of carboxylic acids is 1. The summed E-state index contributed by atoms with van der Waals surface area (Å²) >= 11 is 6.93. The lowest BCUT2D eigenvalue weighted by atomic mass is 10.1. The molecule has 3 atom stereocenters. The number of fused-ring (bicyclic) bond motifs is 1. The first-order valence-electron chi connectivity index (χ1n) is 8.89. The highest BCUT2D eigenvalue weighted by atomic mass is 35.5. The summed E-state index contributed by atoms with van der Waals surface area (Å²) < 4.78 is 0. The minimum absolute atomic E-state index is 0.000458. The molecule has 4 amide bonds. The maximum atomic E-state index is 13.0. The fourth-order valence-electron chi connectivity index (χ4n) is 3.83. The van der Waals surface area contributed by atoms with Gasteiger partial charge >= 0.3 is 12.0 Å². The highest BCUT2D eigenvalue weighted by Gasteiger charge is 2.63. The zero-order valence-electron chi connectivity index (χ0n) is 15.5. The minimum Gasteiger partial charge on any atom is -0.504 e. The molecule has 3 aliphatic rings. The lowest BCUT2D eigenvalue weighted by molar-refractivity contribution is -0.148. The van der Waals surface area contributed by atoms with Crippen molar-refractivity contribution in [2.24, 2.45) is 0 Å². The van der Waals surface area contributed by atoms with Crippen molar-refractivity contribution in [2.45, 2.75) is 29.6 Å². The summed E-state index contributed by atoms with van der Waals surface area (Å²) in [6.45, 7) is 1.51. The van der Waals surface area contributed by atoms with Crippen molar-refractivity contribution in [1.82, 2.24) is 20.2 Å². The van der Waals surface area contributed by atoms with Gasteiger partial charge in [-0.05, 0) is 19.1 Å². The Balaban J connectivity index is 1.56. The van der Waals surface area contributed by atoms with Gasteiger partial charge in [0.1, 0.15) is 0 Å². The number of β-lactam (4-membered cyclic amide) rings is 1. The number of hydrogen-bond acceptors (Lipinski definition) is 7. The fraction of sp³-hybridized carbons (Fsp3) is 0.412. The number of nitrogens with zero attached hydrogens (tertiary/aromatic N) is 3. The second kappa shape index (κ2) is 6.84. The van der Waals surface area contributed by atoms with Crippen molar-refractivity contribution >= 4 is 47.2 Å². The van der Waals surface area contributed by atoms with Crippen molar-refractivity contribution < 1.29 is 34.5 Å². The molecule has 0 spiro atoms. The average molecular weight is 457 g/mol. The summed E-state index contributed by atoms with van der Waals surface area (Å²) in [6, 6.07) is 0.947. The molecule has 0 aliphatic carbocycles. The van der Waals surface area contributed by atoms with E-state index in [9.17, 15) is 34.5 Å². The van der Waals surface area contributed by atoms with Gasteiger partial charge in [-0.15, -0.1) is 0 Å². The number of halogens is 1. The molecule has 4 rings (SSSR count). The molecule has 0 radical (unpaired) electrons. The van der Waals surface area contributed by atoms with E-state index < -0.39 is 40.3 Å². The van der Waals surface area contributed by atoms with E-state index in [0.29, 0.717) is 0 Å². The summed E-state index contributed by atoms with van der Waals surface area (Å²) in [7, 11) is 0. The smallest absolute Gasteiger partial charge is 0.342 e. The van der Waals surface area contributed by atoms with Crippen LogP contribution in [0.5, 0.6) is 11.5 Å². The predicted octanol–water partition coefficient (Wildman–Crippen LogP) is 0.608. The molecule has 30 heavy (non-hydrogen) atoms. The number of benzene rings is 1. The summed E-state index contributed by atoms with van der Waals surface area (Å²) in [6.07, 6.45) is 0.222. The maximum Gasteiger partial charge on any atom is 0.342 e. The standard InChI is InChI=1S/C17H17ClN4O7S/c1-7-5-21(19-14(26)8-2-3-9(23)13(25)12(8)18)16(29)22(7)17(15(27)28)6-20-10(24)4-11(20)30-17/h2-3,7,11,23,25H,4-6H2,1H3,(H,19,26)(H,27,28)/t7-,11?,17?/m1/s1. The van der Waals surface area contributed by atoms with Gasteiger partial charge in [0.25, 0.3) is 5.91 Å². The number of carboxylic acid groups (broad SMARTS) is 1. The highest BCUT2D eigenvalue weighted by Crippen LogP contribution is 2.50. The number of aromatic hydroxyl groups is 2. The number of urea groups is 1. The Morgan fingerprint density at radius 2 is 2.00 bits per heavy atom. The Labute approximate surface area is 179 Å². The summed E-state index contributed by atoms with van der Waals surface area (Å²) in [5, 5.41) is 29.3. The topological polar surface area (TPSA) is 151 Å². The van der Waals surface area contributed by atoms with E-state index in [1.165, 1.54) is 15.9 Å². The molecular formula is C17H17ClN4O7S. The Morgan fingerprint density at radius 3 is 2.60 bits per heavy atom. The normalized spacial score (nSPS) is 27.9. The molecule has 3 fully saturated rings. The third-order valence-corrected chi connectivity index (χ3v) is 7.32. The van der Waals surface area contributed by atoms with Crippen molar-refractivity contribution in [2.75, 3.05) is 13.1 Å². The molecule has 0 saturated carbocycles. The predicted molar refractivity (Wildman–Crippen MR) is 104 cm³/mol. The molecule has 13 heteroatoms. The number of thioether (sulfide) groups is 1. The van der Waals surface area contributed by atoms with E-state index in [1.807, 2.05) is 0 Å². The summed E-state index contributed by atoms with van der Waals surface area (Å²) in [5.74, 6) is -3.40. The molecule has 1 aromatic carbocycles. The van der Waals surface area contributed by atoms with Crippen molar-refractivity contribution in [1.29, 1.82) is 0 Å². The van der Waals surface area contributed by atoms with Crippen LogP contribution in [0.15, 0.2) is 12.1 Å². The zero-order chi connectivity index (χ0) is 22.0. The van der Waals surface area contributed by atoms with Crippen LogP contribution in [0, 0.1) is 0 Å². The second-order valence-corrected chi connectivity index (χ2v) is 9.07. The van der Waals surface area contributed by atoms with Crippen LogP contribution in [0.1, 0.15) is 23.7 Å². The van der Waals surface area contributed by atoms with Crippen LogP contribution in [-0.2, 0) is 9.59 Å². The Bertz CT molecular complexity index is 991. The first-order chi connectivity index (χ1) is 14.1. The van der Waals surface area contributed by atoms with Crippen LogP contribution in [0.2, 0.25) is 5.02 Å². The van der Waals surface area contributed by atoms with E-state index in [2.05, 4.69) is 5.43 Å². The van der Waals surface area contributed by atoms with Gasteiger partial charge in [-0.25, -0.2) is 14.6 Å². The van der Waals surface area contributed by atoms with Gasteiger partial charge < -0.3 is 20.2 Å². The molecule has 160 valence electrons. The molecule has 0 aromatic heterocycles. The molecule has 3 heterocycles. The van der Waals surface area contributed by atoms with Crippen LogP contribution in [0.25, 0.3) is 0 Å². The van der Waals surface area contributed by atoms with Gasteiger partial charge in [-0.1, -0.05) is 23.4 Å². The van der Waals surface area contributed by atoms with E-state index in [4.69, 9.17) is 11.6 Å². The zero-order valence-corrected chi connectivity index (χ0v) is 17.1. The number of phenols is 2. The third-order valence-electron chi connectivity index (χ3n) is 5.36. The number of rotatable bonds is 4. The van der Waals surface area contributed by atoms with E-state index in [-0.39, 0.29) is 41.4 Å². The number of amides is 4. The SMILES string of the molecule is C[C@@H]1CN(NC(=O)c2ccc(O)c(O)c2Cl)C(=O)N1C1(C(=O)O)CN2C(=O)CC2S1. The average Bonchev–Trinajstić information content (AvgIpc) is 3.14. The lowest BCUT2D eigenvalue weighted by Gasteiger charge is -2.35. The second-order valence-electron chi connectivity index (χ2n) is 7.24. The van der Waals surface area contributed by atoms with Crippen LogP contribution < -0.4 is 5.43 Å². The molecule has 1 aromatic rings. The van der Waals surface area contributed by atoms with Crippen molar-refractivity contribution in [3.63, 3.8) is 0 Å². The van der Waals surface area contributed by atoms with Crippen LogP contribution in [-0.4, -0.2) is 83.3 Å². The van der Waals surface area contributed by atoms with Crippen LogP contribution in [0.4, 0.5) is 4.79 Å². The number of aliphatic carboxylic acids is 1. The molecule has 11 nitrogen and oxygen atoms in total. The van der Waals surface area contributed by atoms with E-state index >= 15 is 0 Å². The van der Waals surface area contributed by atoms with Gasteiger partial charge in [0.2, 0.25) is 10.8 Å². The monoisotopic (exact) mass is 456 g/mol. The molecule has 2 unspecified atom stereocenters. The molecule has 4 N–H and O–H groups in total. The van der Waals surface area contributed by atoms with Crippen molar-refractivity contribution in [3.8, 4) is 11.5 Å². The van der Waals surface area contributed by atoms with Crippen LogP contribution >= 0.6 is 23.4 Å². The number of carbonyl (C=O) groups excluding carboxylic acids is 3. The van der Waals surface area contributed by atoms with Crippen molar-refractivity contribution in [3.05, 3.63) is 22.7 Å². The minimum atomic E-state index is -1.65. The third kappa shape index (κ3) is 2.82. The largest absolute Gasteiger partial charge is 0.504 e. The quantitative estimate of drug-likeness (QED) is 0.380. The lowest BCUT2D eigenvalue weighted by Crippen LogP contribution is -2.59. The summed E-state index contributed by atoms with van der Waals surface area (Å²) in [5.41, 5.74) is 2.19. The van der Waals surface area contributed by atoms with Crippen LogP contribution in [0.3, 0.4) is 0 Å². The Hall–Kier alpha value is -2.86. The van der Waals surface area contributed by atoms with Gasteiger partial charge in [0.15, 0.2) is 11.5 Å². The maximum absolute atomic E-state index is 13.0. The molecule has 0 bridgehead atoms. The highest BCUT2D eigenvalue weighted by molar-refractivity contribution is 8.02. The Morgan fingerprint density at radius 1 is 1.30 bits per heavy atom. The van der Waals surface area contributed by atoms with Gasteiger partial charge in [-0.3, -0.25) is 19.9 Å².